The smallest absolute Gasteiger partial charge is 0.306 e. The van der Waals surface area contributed by atoms with E-state index in [1.165, 1.54) is 0 Å². The second-order valence-electron chi connectivity index (χ2n) is 9.40. The van der Waals surface area contributed by atoms with Crippen LogP contribution in [0.25, 0.3) is 33.5 Å². The Morgan fingerprint density at radius 1 is 0.900 bits per heavy atom. The topological polar surface area (TPSA) is 99.0 Å². The minimum Gasteiger partial charge on any atom is -0.466 e. The molecule has 0 aliphatic carbocycles. The van der Waals surface area contributed by atoms with Crippen LogP contribution in [-0.2, 0) is 22.5 Å². The number of benzene rings is 3. The number of esters is 1. The molecule has 0 aliphatic rings. The average molecular weight is 534 g/mol. The van der Waals surface area contributed by atoms with Crippen LogP contribution >= 0.6 is 0 Å². The van der Waals surface area contributed by atoms with Gasteiger partial charge in [-0.25, -0.2) is 15.0 Å². The Kier molecular flexibility index (Phi) is 8.56. The van der Waals surface area contributed by atoms with Gasteiger partial charge in [0.05, 0.1) is 35.4 Å². The molecule has 0 radical (unpaired) electrons. The van der Waals surface area contributed by atoms with Gasteiger partial charge >= 0.3 is 5.97 Å². The molecule has 0 atom stereocenters. The van der Waals surface area contributed by atoms with E-state index in [1.54, 1.807) is 24.7 Å². The maximum Gasteiger partial charge on any atom is 0.306 e. The maximum absolute atomic E-state index is 12.9. The summed E-state index contributed by atoms with van der Waals surface area (Å²) in [5.41, 5.74) is 6.30. The van der Waals surface area contributed by atoms with Crippen molar-refractivity contribution < 1.29 is 14.3 Å². The SMILES string of the molecule is CCOC(=O)CCc1ccc(-c2nc3cc(C(=O)NCCCn4ccnc4)ccc3nc2-c2ccccc2)cc1. The van der Waals surface area contributed by atoms with E-state index in [-0.39, 0.29) is 11.9 Å². The van der Waals surface area contributed by atoms with Crippen molar-refractivity contribution in [3.8, 4) is 22.5 Å². The molecule has 5 aromatic rings. The van der Waals surface area contributed by atoms with E-state index in [0.717, 1.165) is 41.0 Å². The Hall–Kier alpha value is -4.85. The fourth-order valence-electron chi connectivity index (χ4n) is 4.49. The quantitative estimate of drug-likeness (QED) is 0.178. The Morgan fingerprint density at radius 2 is 1.65 bits per heavy atom. The molecule has 0 fully saturated rings. The number of amides is 1. The van der Waals surface area contributed by atoms with Gasteiger partial charge in [0, 0.05) is 48.6 Å². The Balaban J connectivity index is 1.39. The lowest BCUT2D eigenvalue weighted by atomic mass is 10.0. The van der Waals surface area contributed by atoms with Crippen molar-refractivity contribution in [3.05, 3.63) is 103 Å². The molecule has 0 unspecified atom stereocenters. The summed E-state index contributed by atoms with van der Waals surface area (Å²) < 4.78 is 7.03. The van der Waals surface area contributed by atoms with Gasteiger partial charge in [-0.2, -0.15) is 0 Å². The van der Waals surface area contributed by atoms with Crippen LogP contribution in [0.2, 0.25) is 0 Å². The van der Waals surface area contributed by atoms with E-state index in [9.17, 15) is 9.59 Å². The van der Waals surface area contributed by atoms with Gasteiger partial charge in [0.2, 0.25) is 0 Å². The van der Waals surface area contributed by atoms with E-state index >= 15 is 0 Å². The minimum absolute atomic E-state index is 0.144. The van der Waals surface area contributed by atoms with Crippen molar-refractivity contribution in [2.75, 3.05) is 13.2 Å². The second-order valence-corrected chi connectivity index (χ2v) is 9.40. The number of rotatable bonds is 11. The van der Waals surface area contributed by atoms with Gasteiger partial charge < -0.3 is 14.6 Å². The molecule has 0 aliphatic heterocycles. The van der Waals surface area contributed by atoms with Gasteiger partial charge in [0.1, 0.15) is 0 Å². The van der Waals surface area contributed by atoms with E-state index in [1.807, 2.05) is 78.4 Å². The predicted octanol–water partition coefficient (Wildman–Crippen LogP) is 5.48. The molecule has 0 spiro atoms. The number of aryl methyl sites for hydroxylation is 2. The minimum atomic E-state index is -0.198. The summed E-state index contributed by atoms with van der Waals surface area (Å²) in [6, 6.07) is 23.4. The van der Waals surface area contributed by atoms with E-state index in [0.29, 0.717) is 42.6 Å². The third-order valence-electron chi connectivity index (χ3n) is 6.56. The lowest BCUT2D eigenvalue weighted by Crippen LogP contribution is -2.25. The largest absolute Gasteiger partial charge is 0.466 e. The van der Waals surface area contributed by atoms with Crippen LogP contribution in [0.1, 0.15) is 35.7 Å². The van der Waals surface area contributed by atoms with Crippen LogP contribution in [0, 0.1) is 0 Å². The maximum atomic E-state index is 12.9. The van der Waals surface area contributed by atoms with Crippen molar-refractivity contribution in [2.24, 2.45) is 0 Å². The number of nitrogens with zero attached hydrogens (tertiary/aromatic N) is 4. The van der Waals surface area contributed by atoms with Crippen LogP contribution in [0.15, 0.2) is 91.5 Å². The molecule has 2 aromatic heterocycles. The average Bonchev–Trinajstić information content (AvgIpc) is 3.52. The molecule has 2 heterocycles. The molecule has 0 bridgehead atoms. The van der Waals surface area contributed by atoms with Crippen molar-refractivity contribution in [1.29, 1.82) is 0 Å². The summed E-state index contributed by atoms with van der Waals surface area (Å²) in [4.78, 5) is 38.6. The van der Waals surface area contributed by atoms with Gasteiger partial charge in [0.15, 0.2) is 0 Å². The number of aromatic nitrogens is 4. The highest BCUT2D eigenvalue weighted by Crippen LogP contribution is 2.31. The first kappa shape index (κ1) is 26.7. The summed E-state index contributed by atoms with van der Waals surface area (Å²) in [5.74, 6) is -0.342. The van der Waals surface area contributed by atoms with Crippen LogP contribution in [-0.4, -0.2) is 44.5 Å². The Morgan fingerprint density at radius 3 is 2.38 bits per heavy atom. The highest BCUT2D eigenvalue weighted by Gasteiger charge is 2.15. The van der Waals surface area contributed by atoms with Crippen LogP contribution < -0.4 is 5.32 Å². The standard InChI is InChI=1S/C32H31N5O3/c1-2-40-29(38)16-11-23-9-12-25(13-10-23)31-30(24-7-4-3-5-8-24)35-27-15-14-26(21-28(27)36-31)32(39)34-17-6-19-37-20-18-33-22-37/h3-5,7-10,12-15,18,20-22H,2,6,11,16-17,19H2,1H3,(H,34,39). The first-order chi connectivity index (χ1) is 19.6. The zero-order valence-electron chi connectivity index (χ0n) is 22.4. The van der Waals surface area contributed by atoms with E-state index < -0.39 is 0 Å². The molecular formula is C32H31N5O3. The first-order valence-corrected chi connectivity index (χ1v) is 13.5. The lowest BCUT2D eigenvalue weighted by Gasteiger charge is -2.12. The monoisotopic (exact) mass is 533 g/mol. The zero-order valence-corrected chi connectivity index (χ0v) is 22.4. The first-order valence-electron chi connectivity index (χ1n) is 13.5. The molecule has 5 rings (SSSR count). The number of carbonyl (C=O) groups is 2. The molecule has 0 saturated heterocycles. The number of carbonyl (C=O) groups excluding carboxylic acids is 2. The third kappa shape index (κ3) is 6.58. The number of nitrogens with one attached hydrogen (secondary N) is 1. The number of ether oxygens (including phenoxy) is 1. The molecule has 1 amide bonds. The highest BCUT2D eigenvalue weighted by atomic mass is 16.5. The molecule has 40 heavy (non-hydrogen) atoms. The summed E-state index contributed by atoms with van der Waals surface area (Å²) in [6.45, 7) is 3.54. The fourth-order valence-corrected chi connectivity index (χ4v) is 4.49. The summed E-state index contributed by atoms with van der Waals surface area (Å²) in [7, 11) is 0. The van der Waals surface area contributed by atoms with Crippen LogP contribution in [0.3, 0.4) is 0 Å². The number of hydrogen-bond donors (Lipinski definition) is 1. The third-order valence-corrected chi connectivity index (χ3v) is 6.56. The molecule has 1 N–H and O–H groups in total. The Bertz CT molecular complexity index is 1580. The summed E-state index contributed by atoms with van der Waals surface area (Å²) >= 11 is 0. The molecule has 8 heteroatoms. The van der Waals surface area contributed by atoms with E-state index in [4.69, 9.17) is 14.7 Å². The summed E-state index contributed by atoms with van der Waals surface area (Å²) in [6.07, 6.45) is 7.16. The number of hydrogen-bond acceptors (Lipinski definition) is 6. The van der Waals surface area contributed by atoms with Crippen molar-refractivity contribution in [2.45, 2.75) is 32.7 Å². The van der Waals surface area contributed by atoms with Crippen molar-refractivity contribution >= 4 is 22.9 Å². The Labute approximate surface area is 233 Å². The van der Waals surface area contributed by atoms with Crippen molar-refractivity contribution in [3.63, 3.8) is 0 Å². The fraction of sp³-hybridized carbons (Fsp3) is 0.219. The van der Waals surface area contributed by atoms with Crippen molar-refractivity contribution in [1.82, 2.24) is 24.8 Å². The highest BCUT2D eigenvalue weighted by molar-refractivity contribution is 5.98. The van der Waals surface area contributed by atoms with Gasteiger partial charge in [-0.15, -0.1) is 0 Å². The normalized spacial score (nSPS) is 10.9. The molecule has 3 aromatic carbocycles. The molecule has 8 nitrogen and oxygen atoms in total. The number of imidazole rings is 1. The van der Waals surface area contributed by atoms with Gasteiger partial charge in [-0.1, -0.05) is 54.6 Å². The van der Waals surface area contributed by atoms with Gasteiger partial charge in [-0.3, -0.25) is 9.59 Å². The van der Waals surface area contributed by atoms with Crippen LogP contribution in [0.4, 0.5) is 0 Å². The van der Waals surface area contributed by atoms with E-state index in [2.05, 4.69) is 10.3 Å². The predicted molar refractivity (Wildman–Crippen MR) is 155 cm³/mol. The van der Waals surface area contributed by atoms with Gasteiger partial charge in [0.25, 0.3) is 5.91 Å². The molecule has 202 valence electrons. The molecular weight excluding hydrogens is 502 g/mol. The molecule has 0 saturated carbocycles. The van der Waals surface area contributed by atoms with Crippen LogP contribution in [0.5, 0.6) is 0 Å². The second kappa shape index (κ2) is 12.8. The zero-order chi connectivity index (χ0) is 27.7. The lowest BCUT2D eigenvalue weighted by molar-refractivity contribution is -0.143. The van der Waals surface area contributed by atoms with Gasteiger partial charge in [-0.05, 0) is 43.5 Å². The number of fused-ring (bicyclic) bond motifs is 1. The summed E-state index contributed by atoms with van der Waals surface area (Å²) in [5, 5.41) is 2.99.